The number of benzene rings is 3. The van der Waals surface area contributed by atoms with Crippen molar-refractivity contribution in [2.45, 2.75) is 13.3 Å². The molecule has 0 atom stereocenters. The standard InChI is InChI=1S/C29H32N6O6/c1-21-5-3-4-6-26(21)33-29(40)32-24-9-7-22(8-10-24)17-27(38)31-23-11-13-25(14-12-23)34(2)28(39)18-35(19-36)16-15-30-41-20-37/h3-14,19-20,30H,15-18H2,1-2H3,(H,31,38)(H2,32,33,40). The number of anilines is 4. The van der Waals surface area contributed by atoms with Crippen LogP contribution in [0.4, 0.5) is 27.5 Å². The van der Waals surface area contributed by atoms with E-state index in [1.165, 1.54) is 9.80 Å². The van der Waals surface area contributed by atoms with Crippen LogP contribution in [0, 0.1) is 6.92 Å². The summed E-state index contributed by atoms with van der Waals surface area (Å²) in [6.45, 7) is 2.32. The Labute approximate surface area is 237 Å². The van der Waals surface area contributed by atoms with Gasteiger partial charge in [0.1, 0.15) is 0 Å². The molecule has 3 rings (SSSR count). The second kappa shape index (κ2) is 15.4. The first-order valence-electron chi connectivity index (χ1n) is 12.7. The van der Waals surface area contributed by atoms with E-state index in [0.29, 0.717) is 23.5 Å². The lowest BCUT2D eigenvalue weighted by molar-refractivity contribution is -0.135. The molecule has 0 radical (unpaired) electrons. The smallest absolute Gasteiger partial charge is 0.323 e. The fraction of sp³-hybridized carbons (Fsp3) is 0.207. The highest BCUT2D eigenvalue weighted by Crippen LogP contribution is 2.18. The number of hydroxylamine groups is 1. The lowest BCUT2D eigenvalue weighted by Crippen LogP contribution is -2.40. The Morgan fingerprint density at radius 2 is 1.51 bits per heavy atom. The van der Waals surface area contributed by atoms with E-state index in [4.69, 9.17) is 0 Å². The molecular formula is C29H32N6O6. The highest BCUT2D eigenvalue weighted by molar-refractivity contribution is 6.00. The fourth-order valence-electron chi connectivity index (χ4n) is 3.74. The van der Waals surface area contributed by atoms with Crippen molar-refractivity contribution in [3.8, 4) is 0 Å². The number of carbonyl (C=O) groups excluding carboxylic acids is 5. The first kappa shape index (κ1) is 30.3. The third-order valence-corrected chi connectivity index (χ3v) is 6.00. The Bertz CT molecular complexity index is 1350. The Morgan fingerprint density at radius 1 is 0.854 bits per heavy atom. The summed E-state index contributed by atoms with van der Waals surface area (Å²) in [6.07, 6.45) is 0.671. The molecule has 3 aromatic carbocycles. The van der Waals surface area contributed by atoms with Crippen LogP contribution in [-0.2, 0) is 30.4 Å². The maximum absolute atomic E-state index is 12.6. The number of hydrogen-bond donors (Lipinski definition) is 4. The summed E-state index contributed by atoms with van der Waals surface area (Å²) in [5.41, 5.74) is 6.51. The molecule has 0 unspecified atom stereocenters. The van der Waals surface area contributed by atoms with E-state index in [0.717, 1.165) is 16.8 Å². The van der Waals surface area contributed by atoms with Crippen molar-refractivity contribution in [1.29, 1.82) is 0 Å². The van der Waals surface area contributed by atoms with Crippen molar-refractivity contribution < 1.29 is 28.8 Å². The lowest BCUT2D eigenvalue weighted by Gasteiger charge is -2.22. The summed E-state index contributed by atoms with van der Waals surface area (Å²) in [7, 11) is 1.58. The van der Waals surface area contributed by atoms with Crippen LogP contribution in [0.5, 0.6) is 0 Å². The zero-order valence-corrected chi connectivity index (χ0v) is 22.8. The minimum absolute atomic E-state index is 0.129. The van der Waals surface area contributed by atoms with Gasteiger partial charge >= 0.3 is 12.5 Å². The first-order chi connectivity index (χ1) is 19.8. The average Bonchev–Trinajstić information content (AvgIpc) is 2.96. The van der Waals surface area contributed by atoms with Gasteiger partial charge in [0.05, 0.1) is 13.0 Å². The summed E-state index contributed by atoms with van der Waals surface area (Å²) < 4.78 is 0. The number of amides is 5. The minimum atomic E-state index is -0.361. The zero-order valence-electron chi connectivity index (χ0n) is 22.8. The van der Waals surface area contributed by atoms with Crippen LogP contribution in [0.15, 0.2) is 72.8 Å². The van der Waals surface area contributed by atoms with Crippen molar-refractivity contribution >= 4 is 53.5 Å². The number of rotatable bonds is 14. The Kier molecular flexibility index (Phi) is 11.4. The molecule has 0 saturated carbocycles. The van der Waals surface area contributed by atoms with Gasteiger partial charge in [-0.05, 0) is 60.5 Å². The molecule has 0 aliphatic carbocycles. The molecule has 12 heteroatoms. The molecule has 0 bridgehead atoms. The number of hydrogen-bond acceptors (Lipinski definition) is 7. The molecule has 0 aliphatic rings. The predicted molar refractivity (Wildman–Crippen MR) is 155 cm³/mol. The van der Waals surface area contributed by atoms with Gasteiger partial charge in [-0.2, -0.15) is 5.48 Å². The van der Waals surface area contributed by atoms with E-state index in [9.17, 15) is 24.0 Å². The highest BCUT2D eigenvalue weighted by Gasteiger charge is 2.15. The second-order valence-electron chi connectivity index (χ2n) is 9.00. The van der Waals surface area contributed by atoms with Gasteiger partial charge < -0.3 is 30.6 Å². The zero-order chi connectivity index (χ0) is 29.6. The average molecular weight is 561 g/mol. The molecule has 0 aliphatic heterocycles. The molecule has 41 heavy (non-hydrogen) atoms. The third kappa shape index (κ3) is 9.79. The predicted octanol–water partition coefficient (Wildman–Crippen LogP) is 2.92. The molecule has 0 fully saturated rings. The van der Waals surface area contributed by atoms with Crippen LogP contribution in [0.2, 0.25) is 0 Å². The molecule has 5 amide bonds. The van der Waals surface area contributed by atoms with Crippen LogP contribution in [-0.4, -0.2) is 62.3 Å². The van der Waals surface area contributed by atoms with Crippen molar-refractivity contribution in [1.82, 2.24) is 10.4 Å². The fourth-order valence-corrected chi connectivity index (χ4v) is 3.74. The summed E-state index contributed by atoms with van der Waals surface area (Å²) in [6, 6.07) is 20.8. The number of likely N-dealkylation sites (N-methyl/N-ethyl adjacent to an activating group) is 1. The first-order valence-corrected chi connectivity index (χ1v) is 12.7. The quantitative estimate of drug-likeness (QED) is 0.135. The molecule has 0 heterocycles. The minimum Gasteiger partial charge on any atom is -0.374 e. The Balaban J connectivity index is 1.46. The van der Waals surface area contributed by atoms with E-state index in [2.05, 4.69) is 26.3 Å². The number of carbonyl (C=O) groups is 5. The van der Waals surface area contributed by atoms with E-state index in [1.54, 1.807) is 55.6 Å². The van der Waals surface area contributed by atoms with Crippen LogP contribution >= 0.6 is 0 Å². The van der Waals surface area contributed by atoms with Crippen molar-refractivity contribution in [2.24, 2.45) is 0 Å². The van der Waals surface area contributed by atoms with E-state index in [1.807, 2.05) is 31.2 Å². The summed E-state index contributed by atoms with van der Waals surface area (Å²) in [4.78, 5) is 65.8. The molecule has 4 N–H and O–H groups in total. The molecule has 3 aromatic rings. The number of aryl methyl sites for hydroxylation is 1. The Hall–Kier alpha value is -5.23. The maximum atomic E-state index is 12.6. The maximum Gasteiger partial charge on any atom is 0.323 e. The van der Waals surface area contributed by atoms with Gasteiger partial charge in [-0.1, -0.05) is 30.3 Å². The SMILES string of the molecule is Cc1ccccc1NC(=O)Nc1ccc(CC(=O)Nc2ccc(N(C)C(=O)CN(C=O)CCNOC=O)cc2)cc1. The Morgan fingerprint density at radius 3 is 2.17 bits per heavy atom. The van der Waals surface area contributed by atoms with Gasteiger partial charge in [-0.25, -0.2) is 4.79 Å². The summed E-state index contributed by atoms with van der Waals surface area (Å²) in [5.74, 6) is -0.551. The highest BCUT2D eigenvalue weighted by atomic mass is 16.7. The van der Waals surface area contributed by atoms with Crippen LogP contribution in [0.3, 0.4) is 0 Å². The second-order valence-corrected chi connectivity index (χ2v) is 9.00. The van der Waals surface area contributed by atoms with E-state index >= 15 is 0 Å². The summed E-state index contributed by atoms with van der Waals surface area (Å²) in [5, 5.41) is 8.39. The van der Waals surface area contributed by atoms with Crippen LogP contribution in [0.25, 0.3) is 0 Å². The number of nitrogens with zero attached hydrogens (tertiary/aromatic N) is 2. The van der Waals surface area contributed by atoms with Crippen molar-refractivity contribution in [3.05, 3.63) is 83.9 Å². The lowest BCUT2D eigenvalue weighted by atomic mass is 10.1. The van der Waals surface area contributed by atoms with Gasteiger partial charge in [-0.3, -0.25) is 19.2 Å². The van der Waals surface area contributed by atoms with Gasteiger partial charge in [0, 0.05) is 42.9 Å². The van der Waals surface area contributed by atoms with Gasteiger partial charge in [-0.15, -0.1) is 0 Å². The molecule has 0 spiro atoms. The van der Waals surface area contributed by atoms with Crippen LogP contribution < -0.4 is 26.3 Å². The number of nitrogens with one attached hydrogen (secondary N) is 4. The van der Waals surface area contributed by atoms with Crippen molar-refractivity contribution in [3.63, 3.8) is 0 Å². The number of urea groups is 1. The topological polar surface area (TPSA) is 149 Å². The third-order valence-electron chi connectivity index (χ3n) is 6.00. The molecular weight excluding hydrogens is 528 g/mol. The van der Waals surface area contributed by atoms with Gasteiger partial charge in [0.15, 0.2) is 0 Å². The normalized spacial score (nSPS) is 10.2. The van der Waals surface area contributed by atoms with E-state index in [-0.39, 0.29) is 50.4 Å². The molecule has 214 valence electrons. The van der Waals surface area contributed by atoms with Gasteiger partial charge in [0.25, 0.3) is 0 Å². The van der Waals surface area contributed by atoms with Gasteiger partial charge in [0.2, 0.25) is 18.2 Å². The molecule has 0 saturated heterocycles. The monoisotopic (exact) mass is 560 g/mol. The summed E-state index contributed by atoms with van der Waals surface area (Å²) >= 11 is 0. The number of para-hydroxylation sites is 1. The van der Waals surface area contributed by atoms with Crippen molar-refractivity contribution in [2.75, 3.05) is 47.5 Å². The molecule has 0 aromatic heterocycles. The largest absolute Gasteiger partial charge is 0.374 e. The van der Waals surface area contributed by atoms with Crippen LogP contribution in [0.1, 0.15) is 11.1 Å². The van der Waals surface area contributed by atoms with E-state index < -0.39 is 0 Å². The molecule has 12 nitrogen and oxygen atoms in total.